The minimum absolute atomic E-state index is 0.148. The van der Waals surface area contributed by atoms with Crippen molar-refractivity contribution < 1.29 is 13.9 Å². The molecule has 0 bridgehead atoms. The Morgan fingerprint density at radius 2 is 2.00 bits per heavy atom. The van der Waals surface area contributed by atoms with E-state index in [9.17, 15) is 4.79 Å². The Morgan fingerprint density at radius 3 is 2.62 bits per heavy atom. The smallest absolute Gasteiger partial charge is 0.277 e. The van der Waals surface area contributed by atoms with Crippen molar-refractivity contribution >= 4 is 34.7 Å². The summed E-state index contributed by atoms with van der Waals surface area (Å²) in [5.41, 5.74) is 1.56. The van der Waals surface area contributed by atoms with E-state index < -0.39 is 5.25 Å². The van der Waals surface area contributed by atoms with Crippen LogP contribution in [0.15, 0.2) is 33.9 Å². The van der Waals surface area contributed by atoms with Crippen molar-refractivity contribution in [2.24, 2.45) is 0 Å². The molecule has 136 valence electrons. The highest BCUT2D eigenvalue weighted by molar-refractivity contribution is 8.00. The third-order valence-electron chi connectivity index (χ3n) is 3.51. The molecule has 0 saturated carbocycles. The van der Waals surface area contributed by atoms with Crippen molar-refractivity contribution in [3.63, 3.8) is 0 Å². The number of amides is 1. The Balaban J connectivity index is 1.63. The van der Waals surface area contributed by atoms with Gasteiger partial charge in [-0.05, 0) is 45.0 Å². The Morgan fingerprint density at radius 1 is 1.27 bits per heavy atom. The lowest BCUT2D eigenvalue weighted by molar-refractivity contribution is -0.115. The summed E-state index contributed by atoms with van der Waals surface area (Å²) in [5, 5.41) is 11.8. The van der Waals surface area contributed by atoms with Crippen molar-refractivity contribution in [1.29, 1.82) is 0 Å². The van der Waals surface area contributed by atoms with E-state index in [2.05, 4.69) is 20.5 Å². The van der Waals surface area contributed by atoms with Crippen molar-refractivity contribution in [2.75, 3.05) is 12.4 Å². The molecule has 0 saturated heterocycles. The molecule has 0 spiro atoms. The lowest BCUT2D eigenvalue weighted by atomic mass is 10.3. The Kier molecular flexibility index (Phi) is 5.58. The minimum atomic E-state index is -0.394. The average molecular weight is 390 g/mol. The van der Waals surface area contributed by atoms with E-state index in [0.717, 1.165) is 21.3 Å². The van der Waals surface area contributed by atoms with Crippen LogP contribution in [0.25, 0.3) is 10.8 Å². The van der Waals surface area contributed by atoms with Crippen LogP contribution in [0.1, 0.15) is 17.6 Å². The van der Waals surface area contributed by atoms with Crippen LogP contribution >= 0.6 is 23.1 Å². The number of anilines is 1. The third kappa shape index (κ3) is 4.23. The molecule has 1 aromatic carbocycles. The van der Waals surface area contributed by atoms with Gasteiger partial charge in [0.25, 0.3) is 11.1 Å². The van der Waals surface area contributed by atoms with Gasteiger partial charge in [0.05, 0.1) is 23.1 Å². The molecule has 2 heterocycles. The predicted molar refractivity (Wildman–Crippen MR) is 102 cm³/mol. The number of nitrogens with zero attached hydrogens (tertiary/aromatic N) is 3. The van der Waals surface area contributed by atoms with Crippen LogP contribution in [0.4, 0.5) is 5.69 Å². The zero-order valence-electron chi connectivity index (χ0n) is 14.8. The quantitative estimate of drug-likeness (QED) is 0.638. The highest BCUT2D eigenvalue weighted by atomic mass is 32.2. The number of thioether (sulfide) groups is 1. The number of thiazole rings is 1. The Hall–Kier alpha value is -2.39. The number of aryl methyl sites for hydroxylation is 2. The first-order valence-corrected chi connectivity index (χ1v) is 9.55. The molecule has 0 aliphatic carbocycles. The van der Waals surface area contributed by atoms with Gasteiger partial charge < -0.3 is 14.5 Å². The van der Waals surface area contributed by atoms with Crippen LogP contribution in [-0.4, -0.2) is 33.4 Å². The molecule has 0 radical (unpaired) electrons. The molecule has 3 rings (SSSR count). The van der Waals surface area contributed by atoms with Crippen LogP contribution in [0, 0.1) is 13.8 Å². The summed E-state index contributed by atoms with van der Waals surface area (Å²) >= 11 is 2.72. The van der Waals surface area contributed by atoms with Crippen LogP contribution in [0.2, 0.25) is 0 Å². The fraction of sp³-hybridized carbons (Fsp3) is 0.294. The summed E-state index contributed by atoms with van der Waals surface area (Å²) in [4.78, 5) is 17.6. The number of nitrogens with one attached hydrogen (secondary N) is 1. The van der Waals surface area contributed by atoms with Crippen molar-refractivity contribution in [3.8, 4) is 16.5 Å². The molecule has 1 amide bonds. The van der Waals surface area contributed by atoms with Gasteiger partial charge in [0.15, 0.2) is 0 Å². The Labute approximate surface area is 159 Å². The van der Waals surface area contributed by atoms with Gasteiger partial charge in [-0.3, -0.25) is 4.79 Å². The number of benzene rings is 1. The normalized spacial score (nSPS) is 12.0. The van der Waals surface area contributed by atoms with Crippen LogP contribution in [0.5, 0.6) is 5.75 Å². The standard InChI is InChI=1S/C17H18N4O3S2/c1-9-14(26-11(3)18-9)16-20-21-17(24-16)25-10(2)15(22)19-12-5-7-13(23-4)8-6-12/h5-8,10H,1-4H3,(H,19,22). The highest BCUT2D eigenvalue weighted by Gasteiger charge is 2.20. The molecular weight excluding hydrogens is 372 g/mol. The highest BCUT2D eigenvalue weighted by Crippen LogP contribution is 2.31. The van der Waals surface area contributed by atoms with E-state index in [0.29, 0.717) is 16.8 Å². The first-order valence-electron chi connectivity index (χ1n) is 7.85. The Bertz CT molecular complexity index is 905. The predicted octanol–water partition coefficient (Wildman–Crippen LogP) is 3.94. The maximum Gasteiger partial charge on any atom is 0.277 e. The van der Waals surface area contributed by atoms with Gasteiger partial charge in [-0.15, -0.1) is 21.5 Å². The second-order valence-electron chi connectivity index (χ2n) is 5.50. The van der Waals surface area contributed by atoms with Crippen LogP contribution < -0.4 is 10.1 Å². The lowest BCUT2D eigenvalue weighted by Crippen LogP contribution is -2.22. The van der Waals surface area contributed by atoms with Crippen LogP contribution in [-0.2, 0) is 4.79 Å². The summed E-state index contributed by atoms with van der Waals surface area (Å²) < 4.78 is 10.8. The molecular formula is C17H18N4O3S2. The molecule has 2 aromatic heterocycles. The van der Waals surface area contributed by atoms with E-state index >= 15 is 0 Å². The van der Waals surface area contributed by atoms with E-state index in [1.54, 1.807) is 38.3 Å². The summed E-state index contributed by atoms with van der Waals surface area (Å²) in [6, 6.07) is 7.15. The molecule has 7 nitrogen and oxygen atoms in total. The molecule has 3 aromatic rings. The topological polar surface area (TPSA) is 90.1 Å². The molecule has 26 heavy (non-hydrogen) atoms. The summed E-state index contributed by atoms with van der Waals surface area (Å²) in [6.07, 6.45) is 0. The molecule has 0 fully saturated rings. The SMILES string of the molecule is COc1ccc(NC(=O)C(C)Sc2nnc(-c3sc(C)nc3C)o2)cc1. The fourth-order valence-electron chi connectivity index (χ4n) is 2.20. The molecule has 0 aliphatic heterocycles. The summed E-state index contributed by atoms with van der Waals surface area (Å²) in [7, 11) is 1.60. The van der Waals surface area contributed by atoms with Gasteiger partial charge >= 0.3 is 0 Å². The third-order valence-corrected chi connectivity index (χ3v) is 5.50. The maximum atomic E-state index is 12.3. The number of rotatable bonds is 6. The van der Waals surface area contributed by atoms with E-state index in [1.807, 2.05) is 13.8 Å². The molecule has 1 N–H and O–H groups in total. The molecule has 0 aliphatic rings. The summed E-state index contributed by atoms with van der Waals surface area (Å²) in [5.74, 6) is 1.01. The number of hydrogen-bond donors (Lipinski definition) is 1. The van der Waals surface area contributed by atoms with Gasteiger partial charge in [-0.1, -0.05) is 11.8 Å². The van der Waals surface area contributed by atoms with E-state index in [-0.39, 0.29) is 5.91 Å². The van der Waals surface area contributed by atoms with Crippen molar-refractivity contribution in [3.05, 3.63) is 35.0 Å². The van der Waals surface area contributed by atoms with Gasteiger partial charge in [0.2, 0.25) is 5.91 Å². The molecule has 1 unspecified atom stereocenters. The number of carbonyl (C=O) groups is 1. The number of aromatic nitrogens is 3. The van der Waals surface area contributed by atoms with Crippen molar-refractivity contribution in [2.45, 2.75) is 31.2 Å². The van der Waals surface area contributed by atoms with E-state index in [1.165, 1.54) is 23.1 Å². The van der Waals surface area contributed by atoms with Gasteiger partial charge in [0.1, 0.15) is 10.6 Å². The van der Waals surface area contributed by atoms with Gasteiger partial charge in [-0.25, -0.2) is 4.98 Å². The largest absolute Gasteiger partial charge is 0.497 e. The van der Waals surface area contributed by atoms with E-state index in [4.69, 9.17) is 9.15 Å². The first kappa shape index (κ1) is 18.4. The minimum Gasteiger partial charge on any atom is -0.497 e. The zero-order valence-corrected chi connectivity index (χ0v) is 16.4. The number of methoxy groups -OCH3 is 1. The number of hydrogen-bond acceptors (Lipinski definition) is 8. The van der Waals surface area contributed by atoms with Gasteiger partial charge in [-0.2, -0.15) is 0 Å². The first-order chi connectivity index (χ1) is 12.5. The average Bonchev–Trinajstić information content (AvgIpc) is 3.21. The summed E-state index contributed by atoms with van der Waals surface area (Å²) in [6.45, 7) is 5.62. The van der Waals surface area contributed by atoms with Crippen LogP contribution in [0.3, 0.4) is 0 Å². The maximum absolute atomic E-state index is 12.3. The second-order valence-corrected chi connectivity index (χ2v) is 7.99. The van der Waals surface area contributed by atoms with Crippen molar-refractivity contribution in [1.82, 2.24) is 15.2 Å². The zero-order chi connectivity index (χ0) is 18.7. The lowest BCUT2D eigenvalue weighted by Gasteiger charge is -2.10. The fourth-order valence-corrected chi connectivity index (χ4v) is 3.73. The monoisotopic (exact) mass is 390 g/mol. The number of carbonyl (C=O) groups excluding carboxylic acids is 1. The molecule has 9 heteroatoms. The number of ether oxygens (including phenoxy) is 1. The second kappa shape index (κ2) is 7.88. The van der Waals surface area contributed by atoms with Gasteiger partial charge in [0, 0.05) is 5.69 Å². The molecule has 1 atom stereocenters.